The highest BCUT2D eigenvalue weighted by atomic mass is 35.5. The maximum Gasteiger partial charge on any atom is 0.335 e. The molecule has 1 aliphatic rings. The van der Waals surface area contributed by atoms with Crippen LogP contribution in [0.2, 0.25) is 5.15 Å². The molecule has 2 aromatic heterocycles. The highest BCUT2D eigenvalue weighted by Gasteiger charge is 2.48. The van der Waals surface area contributed by atoms with Gasteiger partial charge in [0.1, 0.15) is 24.1 Å². The number of benzene rings is 2. The molecule has 14 heteroatoms. The lowest BCUT2D eigenvalue weighted by Gasteiger charge is -2.38. The summed E-state index contributed by atoms with van der Waals surface area (Å²) in [6.45, 7) is 2.35. The molecular formula is C28H31ClN6O7. The number of unbranched alkanes of at least 4 members (excludes halogenated alkanes) is 1. The number of carbonyl (C=O) groups is 1. The number of hydrogen-bond acceptors (Lipinski definition) is 10. The Kier molecular flexibility index (Phi) is 8.96. The van der Waals surface area contributed by atoms with Crippen molar-refractivity contribution in [2.45, 2.75) is 70.0 Å². The van der Waals surface area contributed by atoms with Gasteiger partial charge in [0.25, 0.3) is 0 Å². The number of carboxylic acids is 1. The number of aryl methyl sites for hydroxylation is 1. The van der Waals surface area contributed by atoms with Crippen molar-refractivity contribution in [1.82, 2.24) is 29.8 Å². The zero-order valence-electron chi connectivity index (χ0n) is 22.7. The predicted molar refractivity (Wildman–Crippen MR) is 149 cm³/mol. The molecular weight excluding hydrogens is 568 g/mol. The molecule has 1 saturated heterocycles. The van der Waals surface area contributed by atoms with Crippen LogP contribution < -0.4 is 0 Å². The molecule has 0 aliphatic carbocycles. The van der Waals surface area contributed by atoms with Crippen molar-refractivity contribution < 1.29 is 35.1 Å². The van der Waals surface area contributed by atoms with E-state index in [1.807, 2.05) is 41.0 Å². The Bertz CT molecular complexity index is 1540. The quantitative estimate of drug-likeness (QED) is 0.179. The van der Waals surface area contributed by atoms with Crippen LogP contribution in [0.4, 0.5) is 0 Å². The SMILES string of the molecule is CCCCc1nc(Cl)c(CO)n1Cc1ccc(-c2ccccc2-c2nnnn2C2OC(C(=O)O)C(O)C(O)C2O)cc1. The number of imidazole rings is 1. The van der Waals surface area contributed by atoms with Crippen LogP contribution in [0.25, 0.3) is 22.5 Å². The monoisotopic (exact) mass is 598 g/mol. The van der Waals surface area contributed by atoms with Crippen LogP contribution in [0.5, 0.6) is 0 Å². The van der Waals surface area contributed by atoms with E-state index >= 15 is 0 Å². The fraction of sp³-hybridized carbons (Fsp3) is 0.393. The topological polar surface area (TPSA) is 189 Å². The van der Waals surface area contributed by atoms with E-state index in [9.17, 15) is 30.3 Å². The van der Waals surface area contributed by atoms with E-state index in [4.69, 9.17) is 16.3 Å². The van der Waals surface area contributed by atoms with Crippen molar-refractivity contribution in [3.8, 4) is 22.5 Å². The second-order valence-electron chi connectivity index (χ2n) is 10.1. The highest BCUT2D eigenvalue weighted by Crippen LogP contribution is 2.35. The van der Waals surface area contributed by atoms with E-state index in [1.54, 1.807) is 12.1 Å². The normalized spacial score (nSPS) is 22.4. The number of aliphatic carboxylic acids is 1. The predicted octanol–water partition coefficient (Wildman–Crippen LogP) is 1.80. The molecule has 13 nitrogen and oxygen atoms in total. The number of hydrogen-bond donors (Lipinski definition) is 5. The molecule has 1 fully saturated rings. The molecule has 5 unspecified atom stereocenters. The van der Waals surface area contributed by atoms with E-state index in [1.165, 1.54) is 0 Å². The maximum absolute atomic E-state index is 11.6. The van der Waals surface area contributed by atoms with Crippen LogP contribution in [-0.4, -0.2) is 85.7 Å². The van der Waals surface area contributed by atoms with Gasteiger partial charge in [0.15, 0.2) is 23.3 Å². The summed E-state index contributed by atoms with van der Waals surface area (Å²) in [7, 11) is 0. The summed E-state index contributed by atoms with van der Waals surface area (Å²) >= 11 is 6.29. The van der Waals surface area contributed by atoms with Gasteiger partial charge in [0.2, 0.25) is 0 Å². The Balaban J connectivity index is 1.45. The van der Waals surface area contributed by atoms with Gasteiger partial charge >= 0.3 is 5.97 Å². The summed E-state index contributed by atoms with van der Waals surface area (Å²) in [5.41, 5.74) is 3.66. The lowest BCUT2D eigenvalue weighted by molar-refractivity contribution is -0.249. The molecule has 2 aromatic carbocycles. The van der Waals surface area contributed by atoms with Gasteiger partial charge in [0, 0.05) is 18.5 Å². The third kappa shape index (κ3) is 5.67. The number of halogens is 1. The fourth-order valence-corrected chi connectivity index (χ4v) is 5.34. The third-order valence-corrected chi connectivity index (χ3v) is 7.65. The number of aliphatic hydroxyl groups excluding tert-OH is 4. The molecule has 0 spiro atoms. The number of nitrogens with zero attached hydrogens (tertiary/aromatic N) is 6. The van der Waals surface area contributed by atoms with Crippen molar-refractivity contribution in [1.29, 1.82) is 0 Å². The maximum atomic E-state index is 11.6. The average molecular weight is 599 g/mol. The first kappa shape index (κ1) is 29.8. The summed E-state index contributed by atoms with van der Waals surface area (Å²) < 4.78 is 8.49. The first-order valence-electron chi connectivity index (χ1n) is 13.5. The summed E-state index contributed by atoms with van der Waals surface area (Å²) in [6, 6.07) is 15.0. The lowest BCUT2D eigenvalue weighted by atomic mass is 9.96. The number of carboxylic acid groups (broad SMARTS) is 1. The summed E-state index contributed by atoms with van der Waals surface area (Å²) in [5.74, 6) is -0.523. The molecule has 5 atom stereocenters. The minimum Gasteiger partial charge on any atom is -0.479 e. The zero-order valence-corrected chi connectivity index (χ0v) is 23.4. The summed E-state index contributed by atoms with van der Waals surface area (Å²) in [5, 5.41) is 62.3. The van der Waals surface area contributed by atoms with Gasteiger partial charge < -0.3 is 34.8 Å². The Labute approximate surface area is 245 Å². The van der Waals surface area contributed by atoms with Gasteiger partial charge in [-0.1, -0.05) is 73.5 Å². The van der Waals surface area contributed by atoms with Crippen LogP contribution >= 0.6 is 11.6 Å². The molecule has 222 valence electrons. The van der Waals surface area contributed by atoms with E-state index in [-0.39, 0.29) is 12.4 Å². The van der Waals surface area contributed by atoms with E-state index in [0.29, 0.717) is 23.0 Å². The highest BCUT2D eigenvalue weighted by molar-refractivity contribution is 6.30. The molecule has 42 heavy (non-hydrogen) atoms. The van der Waals surface area contributed by atoms with Gasteiger partial charge in [0.05, 0.1) is 12.3 Å². The number of aliphatic hydroxyl groups is 4. The van der Waals surface area contributed by atoms with E-state index in [2.05, 4.69) is 27.4 Å². The van der Waals surface area contributed by atoms with Gasteiger partial charge in [-0.25, -0.2) is 9.78 Å². The van der Waals surface area contributed by atoms with Crippen LogP contribution in [0.1, 0.15) is 43.1 Å². The van der Waals surface area contributed by atoms with Crippen molar-refractivity contribution in [2.75, 3.05) is 0 Å². The van der Waals surface area contributed by atoms with Crippen LogP contribution in [0.3, 0.4) is 0 Å². The summed E-state index contributed by atoms with van der Waals surface area (Å²) in [4.78, 5) is 16.1. The van der Waals surface area contributed by atoms with Crippen LogP contribution in [0.15, 0.2) is 48.5 Å². The average Bonchev–Trinajstić information content (AvgIpc) is 3.59. The molecule has 0 saturated carbocycles. The second kappa shape index (κ2) is 12.7. The largest absolute Gasteiger partial charge is 0.479 e. The molecule has 4 aromatic rings. The number of tetrazole rings is 1. The van der Waals surface area contributed by atoms with E-state index < -0.39 is 36.6 Å². The molecule has 0 radical (unpaired) electrons. The van der Waals surface area contributed by atoms with Crippen molar-refractivity contribution in [3.05, 3.63) is 70.8 Å². The Morgan fingerprint density at radius 1 is 1.02 bits per heavy atom. The molecule has 5 rings (SSSR count). The minimum atomic E-state index is -1.84. The molecule has 0 bridgehead atoms. The molecule has 1 aliphatic heterocycles. The minimum absolute atomic E-state index is 0.160. The van der Waals surface area contributed by atoms with Gasteiger partial charge in [-0.3, -0.25) is 0 Å². The van der Waals surface area contributed by atoms with Gasteiger partial charge in [-0.2, -0.15) is 4.68 Å². The fourth-order valence-electron chi connectivity index (χ4n) is 5.08. The Hall–Kier alpha value is -3.72. The smallest absolute Gasteiger partial charge is 0.335 e. The first-order chi connectivity index (χ1) is 20.2. The Morgan fingerprint density at radius 2 is 1.74 bits per heavy atom. The Morgan fingerprint density at radius 3 is 2.40 bits per heavy atom. The van der Waals surface area contributed by atoms with Gasteiger partial charge in [-0.05, 0) is 33.5 Å². The van der Waals surface area contributed by atoms with Crippen LogP contribution in [-0.2, 0) is 29.1 Å². The third-order valence-electron chi connectivity index (χ3n) is 7.35. The molecule has 3 heterocycles. The van der Waals surface area contributed by atoms with Gasteiger partial charge in [-0.15, -0.1) is 5.10 Å². The van der Waals surface area contributed by atoms with E-state index in [0.717, 1.165) is 46.5 Å². The number of ether oxygens (including phenoxy) is 1. The first-order valence-corrected chi connectivity index (χ1v) is 13.9. The lowest BCUT2D eigenvalue weighted by Crippen LogP contribution is -2.58. The second-order valence-corrected chi connectivity index (χ2v) is 10.4. The summed E-state index contributed by atoms with van der Waals surface area (Å²) in [6.07, 6.45) is -5.91. The molecule has 0 amide bonds. The van der Waals surface area contributed by atoms with Crippen molar-refractivity contribution >= 4 is 17.6 Å². The number of aromatic nitrogens is 6. The molecule has 5 N–H and O–H groups in total. The standard InChI is InChI=1S/C28H31ClN6O7/c1-2-3-8-20-30-25(29)19(14-36)34(20)13-15-9-11-16(12-10-15)17-6-4-5-7-18(17)26-31-32-33-35(26)27-23(39)21(37)22(38)24(42-27)28(40)41/h4-7,9-12,21-24,27,36-39H,2-3,8,13-14H2,1H3,(H,40,41). The zero-order chi connectivity index (χ0) is 30.0. The van der Waals surface area contributed by atoms with Crippen molar-refractivity contribution in [2.24, 2.45) is 0 Å². The number of rotatable bonds is 10. The van der Waals surface area contributed by atoms with Crippen LogP contribution in [0, 0.1) is 0 Å². The van der Waals surface area contributed by atoms with Crippen molar-refractivity contribution in [3.63, 3.8) is 0 Å².